The first-order valence-corrected chi connectivity index (χ1v) is 7.99. The molecule has 0 spiro atoms. The quantitative estimate of drug-likeness (QED) is 0.868. The lowest BCUT2D eigenvalue weighted by molar-refractivity contribution is 0.459. The SMILES string of the molecule is NCCC1CNS(=O)(=O)N(c2ccc(Br)cc2)C1. The summed E-state index contributed by atoms with van der Waals surface area (Å²) in [6.45, 7) is 1.52. The predicted octanol–water partition coefficient (Wildman–Crippen LogP) is 1.07. The van der Waals surface area contributed by atoms with Gasteiger partial charge >= 0.3 is 10.2 Å². The minimum Gasteiger partial charge on any atom is -0.330 e. The molecule has 1 atom stereocenters. The highest BCUT2D eigenvalue weighted by Gasteiger charge is 2.30. The van der Waals surface area contributed by atoms with Gasteiger partial charge in [0, 0.05) is 17.6 Å². The van der Waals surface area contributed by atoms with Crippen LogP contribution in [-0.4, -0.2) is 28.1 Å². The lowest BCUT2D eigenvalue weighted by atomic mass is 10.1. The zero-order valence-corrected chi connectivity index (χ0v) is 12.2. The highest BCUT2D eigenvalue weighted by Crippen LogP contribution is 2.24. The van der Waals surface area contributed by atoms with Crippen molar-refractivity contribution in [3.63, 3.8) is 0 Å². The van der Waals surface area contributed by atoms with Crippen LogP contribution in [-0.2, 0) is 10.2 Å². The van der Waals surface area contributed by atoms with Gasteiger partial charge in [-0.25, -0.2) is 0 Å². The summed E-state index contributed by atoms with van der Waals surface area (Å²) in [7, 11) is -3.41. The van der Waals surface area contributed by atoms with Crippen molar-refractivity contribution in [2.45, 2.75) is 6.42 Å². The zero-order chi connectivity index (χ0) is 13.2. The number of nitrogens with one attached hydrogen (secondary N) is 1. The largest absolute Gasteiger partial charge is 0.330 e. The summed E-state index contributed by atoms with van der Waals surface area (Å²) in [5, 5.41) is 0. The fourth-order valence-electron chi connectivity index (χ4n) is 1.98. The maximum absolute atomic E-state index is 12.0. The van der Waals surface area contributed by atoms with Crippen LogP contribution in [0.2, 0.25) is 0 Å². The summed E-state index contributed by atoms with van der Waals surface area (Å²) in [6, 6.07) is 7.23. The molecule has 1 aliphatic heterocycles. The monoisotopic (exact) mass is 333 g/mol. The van der Waals surface area contributed by atoms with Gasteiger partial charge in [-0.1, -0.05) is 15.9 Å². The number of rotatable bonds is 3. The number of benzene rings is 1. The molecular formula is C11H16BrN3O2S. The molecule has 1 heterocycles. The van der Waals surface area contributed by atoms with E-state index in [2.05, 4.69) is 20.7 Å². The summed E-state index contributed by atoms with van der Waals surface area (Å²) < 4.78 is 28.9. The van der Waals surface area contributed by atoms with Crippen molar-refractivity contribution in [3.05, 3.63) is 28.7 Å². The fourth-order valence-corrected chi connectivity index (χ4v) is 3.65. The Hall–Kier alpha value is -0.630. The third-order valence-electron chi connectivity index (χ3n) is 2.96. The smallest absolute Gasteiger partial charge is 0.301 e. The van der Waals surface area contributed by atoms with Gasteiger partial charge in [0.25, 0.3) is 0 Å². The molecule has 1 saturated heterocycles. The van der Waals surface area contributed by atoms with Gasteiger partial charge in [-0.15, -0.1) is 0 Å². The van der Waals surface area contributed by atoms with Crippen LogP contribution in [0.15, 0.2) is 28.7 Å². The highest BCUT2D eigenvalue weighted by molar-refractivity contribution is 9.10. The Morgan fingerprint density at radius 1 is 1.39 bits per heavy atom. The summed E-state index contributed by atoms with van der Waals surface area (Å²) in [6.07, 6.45) is 0.815. The van der Waals surface area contributed by atoms with Crippen LogP contribution in [0.5, 0.6) is 0 Å². The zero-order valence-electron chi connectivity index (χ0n) is 9.84. The van der Waals surface area contributed by atoms with Gasteiger partial charge in [0.2, 0.25) is 0 Å². The maximum atomic E-state index is 12.0. The second kappa shape index (κ2) is 5.56. The molecule has 1 fully saturated rings. The molecule has 1 aromatic rings. The molecular weight excluding hydrogens is 318 g/mol. The Morgan fingerprint density at radius 3 is 2.67 bits per heavy atom. The highest BCUT2D eigenvalue weighted by atomic mass is 79.9. The molecule has 5 nitrogen and oxygen atoms in total. The molecule has 0 amide bonds. The van der Waals surface area contributed by atoms with E-state index in [0.717, 1.165) is 10.9 Å². The minimum atomic E-state index is -3.41. The molecule has 0 bridgehead atoms. The molecule has 100 valence electrons. The van der Waals surface area contributed by atoms with Gasteiger partial charge in [-0.3, -0.25) is 4.31 Å². The van der Waals surface area contributed by atoms with Crippen molar-refractivity contribution in [2.24, 2.45) is 11.7 Å². The standard InChI is InChI=1S/C11H16BrN3O2S/c12-10-1-3-11(4-2-10)15-8-9(5-6-13)7-14-18(15,16)17/h1-4,9,14H,5-8,13H2. The Morgan fingerprint density at radius 2 is 2.06 bits per heavy atom. The van der Waals surface area contributed by atoms with Crippen molar-refractivity contribution in [1.29, 1.82) is 0 Å². The first kappa shape index (κ1) is 13.8. The van der Waals surface area contributed by atoms with E-state index >= 15 is 0 Å². The van der Waals surface area contributed by atoms with Crippen molar-refractivity contribution in [3.8, 4) is 0 Å². The van der Waals surface area contributed by atoms with Gasteiger partial charge in [0.1, 0.15) is 0 Å². The number of halogens is 1. The van der Waals surface area contributed by atoms with Crippen LogP contribution in [0.3, 0.4) is 0 Å². The molecule has 18 heavy (non-hydrogen) atoms. The van der Waals surface area contributed by atoms with Crippen molar-refractivity contribution < 1.29 is 8.42 Å². The Balaban J connectivity index is 2.24. The molecule has 0 saturated carbocycles. The Kier molecular flexibility index (Phi) is 4.26. The van der Waals surface area contributed by atoms with Crippen LogP contribution in [0, 0.1) is 5.92 Å². The summed E-state index contributed by atoms with van der Waals surface area (Å²) >= 11 is 3.33. The van der Waals surface area contributed by atoms with Gasteiger partial charge in [0.15, 0.2) is 0 Å². The normalized spacial score (nSPS) is 23.0. The maximum Gasteiger partial charge on any atom is 0.301 e. The van der Waals surface area contributed by atoms with E-state index in [4.69, 9.17) is 5.73 Å². The predicted molar refractivity (Wildman–Crippen MR) is 75.6 cm³/mol. The lowest BCUT2D eigenvalue weighted by Gasteiger charge is -2.33. The van der Waals surface area contributed by atoms with Crippen molar-refractivity contribution in [1.82, 2.24) is 4.72 Å². The van der Waals surface area contributed by atoms with Crippen LogP contribution >= 0.6 is 15.9 Å². The second-order valence-corrected chi connectivity index (χ2v) is 6.90. The van der Waals surface area contributed by atoms with E-state index in [1.807, 2.05) is 12.1 Å². The van der Waals surface area contributed by atoms with Gasteiger partial charge in [-0.05, 0) is 43.1 Å². The van der Waals surface area contributed by atoms with E-state index in [-0.39, 0.29) is 5.92 Å². The molecule has 0 radical (unpaired) electrons. The molecule has 7 heteroatoms. The number of hydrogen-bond donors (Lipinski definition) is 2. The van der Waals surface area contributed by atoms with Gasteiger partial charge < -0.3 is 5.73 Å². The lowest BCUT2D eigenvalue weighted by Crippen LogP contribution is -2.51. The molecule has 3 N–H and O–H groups in total. The number of nitrogens with two attached hydrogens (primary N) is 1. The summed E-state index contributed by atoms with van der Waals surface area (Å²) in [5.74, 6) is 0.252. The molecule has 1 unspecified atom stereocenters. The van der Waals surface area contributed by atoms with Crippen LogP contribution < -0.4 is 14.8 Å². The van der Waals surface area contributed by atoms with Gasteiger partial charge in [0.05, 0.1) is 5.69 Å². The number of anilines is 1. The third-order valence-corrected chi connectivity index (χ3v) is 4.96. The van der Waals surface area contributed by atoms with E-state index in [0.29, 0.717) is 25.3 Å². The molecule has 1 aliphatic rings. The van der Waals surface area contributed by atoms with Crippen molar-refractivity contribution in [2.75, 3.05) is 23.9 Å². The average Bonchev–Trinajstić information content (AvgIpc) is 2.33. The summed E-state index contributed by atoms with van der Waals surface area (Å²) in [5.41, 5.74) is 6.20. The van der Waals surface area contributed by atoms with Gasteiger partial charge in [-0.2, -0.15) is 13.1 Å². The van der Waals surface area contributed by atoms with E-state index in [1.54, 1.807) is 12.1 Å². The van der Waals surface area contributed by atoms with E-state index in [9.17, 15) is 8.42 Å². The second-order valence-electron chi connectivity index (χ2n) is 4.30. The molecule has 0 aromatic heterocycles. The van der Waals surface area contributed by atoms with Crippen molar-refractivity contribution >= 4 is 31.8 Å². The van der Waals surface area contributed by atoms with E-state index < -0.39 is 10.2 Å². The number of nitrogens with zero attached hydrogens (tertiary/aromatic N) is 1. The Labute approximate surface area is 116 Å². The Bertz CT molecular complexity index is 504. The summed E-state index contributed by atoms with van der Waals surface area (Å²) in [4.78, 5) is 0. The molecule has 0 aliphatic carbocycles. The third kappa shape index (κ3) is 3.03. The fraction of sp³-hybridized carbons (Fsp3) is 0.455. The molecule has 1 aromatic carbocycles. The first-order valence-electron chi connectivity index (χ1n) is 5.76. The first-order chi connectivity index (χ1) is 8.53. The molecule has 2 rings (SSSR count). The minimum absolute atomic E-state index is 0.252. The van der Waals surface area contributed by atoms with E-state index in [1.165, 1.54) is 4.31 Å². The topological polar surface area (TPSA) is 75.4 Å². The number of hydrogen-bond acceptors (Lipinski definition) is 3. The van der Waals surface area contributed by atoms with Crippen LogP contribution in [0.25, 0.3) is 0 Å². The van der Waals surface area contributed by atoms with Crippen LogP contribution in [0.4, 0.5) is 5.69 Å². The van der Waals surface area contributed by atoms with Crippen LogP contribution in [0.1, 0.15) is 6.42 Å². The average molecular weight is 334 g/mol.